The van der Waals surface area contributed by atoms with Crippen molar-refractivity contribution >= 4 is 0 Å². The number of hydrogen-bond donors (Lipinski definition) is 2. The molecule has 0 rings (SSSR count). The van der Waals surface area contributed by atoms with Crippen molar-refractivity contribution in [3.63, 3.8) is 0 Å². The van der Waals surface area contributed by atoms with Gasteiger partial charge in [0.2, 0.25) is 0 Å². The number of nitrogens with two attached hydrogens (primary N) is 2. The van der Waals surface area contributed by atoms with Crippen LogP contribution in [0.4, 0.5) is 0 Å². The first-order chi connectivity index (χ1) is 37.9. The Kier molecular flexibility index (Phi) is 47.8. The molecule has 0 amide bonds. The molecule has 0 bridgehead atoms. The second-order valence-electron chi connectivity index (χ2n) is 6.67. The molecule has 0 heterocycles. The first-order valence-corrected chi connectivity index (χ1v) is 15.1. The Hall–Kier alpha value is -15.2. The van der Waals surface area contributed by atoms with Gasteiger partial charge >= 0.3 is 0 Å². The molecule has 0 aliphatic carbocycles. The van der Waals surface area contributed by atoms with Crippen LogP contribution in [0.25, 0.3) is 0 Å². The lowest BCUT2D eigenvalue weighted by Crippen LogP contribution is -1.70. The molecule has 0 aliphatic rings. The SMILES string of the molecule is N/N=N/N=N/N=N/N=N/N=N/N=N/N=N/N=N/N=N/N=N/N=N/N=N/N=N/N=N/N=N/N=N/N=N/N=N/N=N/N=N/N=N/N=N/N=N/N=N/N=N/N=N/N=N/N=N/N=N/N=N/N=N/N=N/N=N/N=N/N=N/N=N/N=N/N. The van der Waals surface area contributed by atoms with Gasteiger partial charge in [0.1, 0.15) is 0 Å². The lowest BCUT2D eigenvalue weighted by molar-refractivity contribution is 0.723. The van der Waals surface area contributed by atoms with E-state index in [2.05, 4.69) is 398 Å². The largest absolute Gasteiger partial charge is 0.303 e. The molecule has 0 unspecified atom stereocenters. The van der Waals surface area contributed by atoms with Crippen molar-refractivity contribution in [2.24, 2.45) is 398 Å². The van der Waals surface area contributed by atoms with Crippen LogP contribution in [0.2, 0.25) is 0 Å². The van der Waals surface area contributed by atoms with Crippen LogP contribution >= 0.6 is 0 Å². The normalized spacial score (nSPS) is 15.6. The molecular formula is H4N76. The first-order valence-electron chi connectivity index (χ1n) is 15.1. The third-order valence-corrected chi connectivity index (χ3v) is 2.94. The van der Waals surface area contributed by atoms with Crippen LogP contribution < -0.4 is 11.7 Å². The van der Waals surface area contributed by atoms with E-state index >= 15 is 0 Å². The number of hydrogen-bond acceptors (Lipinski definition) is 2. The van der Waals surface area contributed by atoms with E-state index in [4.69, 9.17) is 0 Å². The van der Waals surface area contributed by atoms with Gasteiger partial charge in [-0.3, -0.25) is 0 Å². The first kappa shape index (κ1) is 60.8. The van der Waals surface area contributed by atoms with Crippen molar-refractivity contribution in [1.82, 2.24) is 0 Å². The van der Waals surface area contributed by atoms with Gasteiger partial charge in [-0.15, -0.1) is 0 Å². The molecule has 0 aromatic heterocycles. The van der Waals surface area contributed by atoms with Crippen LogP contribution in [0.3, 0.4) is 0 Å². The van der Waals surface area contributed by atoms with E-state index in [-0.39, 0.29) is 0 Å². The summed E-state index contributed by atoms with van der Waals surface area (Å²) < 4.78 is 0. The molecule has 76 nitrogen and oxygen atoms in total. The van der Waals surface area contributed by atoms with E-state index in [0.29, 0.717) is 0 Å². The minimum Gasteiger partial charge on any atom is -0.303 e. The molecular weight excluding hydrogens is 1060 g/mol. The summed E-state index contributed by atoms with van der Waals surface area (Å²) in [6, 6.07) is 0. The monoisotopic (exact) mass is 1070 g/mol. The van der Waals surface area contributed by atoms with Gasteiger partial charge in [0.15, 0.2) is 0 Å². The highest BCUT2D eigenvalue weighted by Gasteiger charge is 1.77. The van der Waals surface area contributed by atoms with Crippen molar-refractivity contribution in [2.75, 3.05) is 0 Å². The molecule has 0 aromatic rings. The second-order valence-corrected chi connectivity index (χ2v) is 6.67. The third kappa shape index (κ3) is 58.8. The van der Waals surface area contributed by atoms with Crippen molar-refractivity contribution in [2.45, 2.75) is 0 Å². The molecule has 0 atom stereocenters. The average molecular weight is 1070 g/mol. The minimum atomic E-state index is 2.75. The quantitative estimate of drug-likeness (QED) is 0.0351. The van der Waals surface area contributed by atoms with Crippen molar-refractivity contribution in [1.29, 1.82) is 0 Å². The summed E-state index contributed by atoms with van der Waals surface area (Å²) in [6.07, 6.45) is 0. The molecule has 0 saturated heterocycles. The zero-order valence-corrected chi connectivity index (χ0v) is 34.2. The Morgan fingerprint density at radius 3 is 0.145 bits per heavy atom. The lowest BCUT2D eigenvalue weighted by Gasteiger charge is -1.70. The molecule has 76 heavy (non-hydrogen) atoms. The number of nitrogens with zero attached hydrogens (tertiary/aromatic N) is 74. The van der Waals surface area contributed by atoms with Crippen molar-refractivity contribution < 1.29 is 0 Å². The molecule has 0 fully saturated rings. The van der Waals surface area contributed by atoms with Gasteiger partial charge in [0.25, 0.3) is 0 Å². The van der Waals surface area contributed by atoms with Gasteiger partial charge in [-0.2, -0.15) is 0 Å². The summed E-state index contributed by atoms with van der Waals surface area (Å²) in [5, 5.41) is 221. The summed E-state index contributed by atoms with van der Waals surface area (Å²) in [6.45, 7) is 0. The highest BCUT2D eigenvalue weighted by atomic mass is 15.8. The van der Waals surface area contributed by atoms with Gasteiger partial charge in [0, 0.05) is 303 Å². The third-order valence-electron chi connectivity index (χ3n) is 2.94. The Labute approximate surface area is 398 Å². The van der Waals surface area contributed by atoms with Gasteiger partial charge in [-0.05, 0) is 73.1 Å². The predicted molar refractivity (Wildman–Crippen MR) is 188 cm³/mol. The minimum absolute atomic E-state index is 2.75. The summed E-state index contributed by atoms with van der Waals surface area (Å²) >= 11 is 0. The smallest absolute Gasteiger partial charge is 0 e. The van der Waals surface area contributed by atoms with Crippen LogP contribution in [0, 0.1) is 0 Å². The van der Waals surface area contributed by atoms with Gasteiger partial charge in [0.05, 0.1) is 0 Å². The summed E-state index contributed by atoms with van der Waals surface area (Å²) in [5.74, 6) is 9.26. The van der Waals surface area contributed by atoms with E-state index in [0.717, 1.165) is 0 Å². The summed E-state index contributed by atoms with van der Waals surface area (Å²) in [4.78, 5) is 0. The van der Waals surface area contributed by atoms with E-state index < -0.39 is 0 Å². The van der Waals surface area contributed by atoms with Gasteiger partial charge < -0.3 is 11.7 Å². The highest BCUT2D eigenvalue weighted by molar-refractivity contribution is 4.20. The van der Waals surface area contributed by atoms with Crippen LogP contribution in [0.1, 0.15) is 0 Å². The van der Waals surface area contributed by atoms with Gasteiger partial charge in [-0.1, -0.05) is 10.4 Å². The zero-order chi connectivity index (χ0) is 54.3. The van der Waals surface area contributed by atoms with E-state index in [1.807, 2.05) is 0 Å². The van der Waals surface area contributed by atoms with Crippen LogP contribution in [-0.4, -0.2) is 0 Å². The zero-order valence-electron chi connectivity index (χ0n) is 34.2. The van der Waals surface area contributed by atoms with Crippen molar-refractivity contribution in [3.8, 4) is 0 Å². The Morgan fingerprint density at radius 2 is 0.105 bits per heavy atom. The fourth-order valence-electron chi connectivity index (χ4n) is 1.30. The van der Waals surface area contributed by atoms with E-state index in [1.165, 1.54) is 0 Å². The number of rotatable bonds is 36. The second kappa shape index (κ2) is 59.8. The molecule has 0 aromatic carbocycles. The Bertz CT molecular complexity index is 2450. The lowest BCUT2D eigenvalue weighted by atomic mass is 12.3. The standard InChI is InChI=1S/H4N76/c1-3-5-7-9-11-13-15-17-19-21-23-25-27-29-31-33-35-37-39-41-43-45-47-49-51-53-55-57-59-61-63-65-67-69-71-73-75-76-74-72-70-68-66-64-62-60-58-56-54-52-50-48-46-44-42-40-38-36-34-32-30-28-26-24-22-20-18-16-14-12-10-8-6-4-2/h(H2,1,4,5,8,9,12,13,16,17,20,21,24,25,28,29,32,33,36,37,40,41,44,45,48,49,52,53,56,57,60,61,64,65,68,69,72,73,76)(H2,2,3,6,7,10,11,14,15,18,19,22,23,26,27,30,31,34,35,38,39,42,43,46,47,50,51,54,55,58,59,62,63,66,67,70,71,74,75). The van der Waals surface area contributed by atoms with Gasteiger partial charge in [-0.25, -0.2) is 0 Å². The van der Waals surface area contributed by atoms with Crippen LogP contribution in [0.5, 0.6) is 0 Å². The van der Waals surface area contributed by atoms with Crippen LogP contribution in [-0.2, 0) is 0 Å². The molecule has 384 valence electrons. The topological polar surface area (TPSA) is 967 Å². The summed E-state index contributed by atoms with van der Waals surface area (Å²) in [7, 11) is 0. The predicted octanol–water partition coefficient (Wildman–Crippen LogP) is 12.4. The maximum absolute atomic E-state index is 4.63. The van der Waals surface area contributed by atoms with Crippen LogP contribution in [0.15, 0.2) is 387 Å². The fourth-order valence-corrected chi connectivity index (χ4v) is 1.30. The van der Waals surface area contributed by atoms with Crippen molar-refractivity contribution in [3.05, 3.63) is 0 Å². The molecule has 0 radical (unpaired) electrons. The van der Waals surface area contributed by atoms with E-state index in [1.54, 1.807) is 0 Å². The van der Waals surface area contributed by atoms with E-state index in [9.17, 15) is 0 Å². The maximum atomic E-state index is 4.63. The average Bonchev–Trinajstić information content (AvgIpc) is 3.43. The Morgan fingerprint density at radius 1 is 0.0658 bits per heavy atom. The maximum Gasteiger partial charge on any atom is 0 e. The molecule has 76 heteroatoms. The molecule has 0 spiro atoms. The highest BCUT2D eigenvalue weighted by Crippen LogP contribution is 1.96. The molecule has 0 saturated carbocycles. The summed E-state index contributed by atoms with van der Waals surface area (Å²) in [5.41, 5.74) is 0. The molecule has 4 N–H and O–H groups in total. The molecule has 0 aliphatic heterocycles. The fraction of sp³-hybridized carbons (Fsp3) is 0. The Balaban J connectivity index is 4.10.